The van der Waals surface area contributed by atoms with E-state index in [4.69, 9.17) is 16.3 Å². The molecule has 1 aromatic heterocycles. The van der Waals surface area contributed by atoms with Crippen molar-refractivity contribution in [3.8, 4) is 5.75 Å². The Labute approximate surface area is 200 Å². The summed E-state index contributed by atoms with van der Waals surface area (Å²) >= 11 is 6.53. The van der Waals surface area contributed by atoms with Crippen molar-refractivity contribution in [3.05, 3.63) is 113 Å². The molecule has 0 fully saturated rings. The van der Waals surface area contributed by atoms with Crippen molar-refractivity contribution in [1.82, 2.24) is 9.78 Å². The van der Waals surface area contributed by atoms with Gasteiger partial charge in [0.1, 0.15) is 29.0 Å². The third-order valence-corrected chi connectivity index (χ3v) is 5.93. The van der Waals surface area contributed by atoms with E-state index in [9.17, 15) is 9.18 Å². The van der Waals surface area contributed by atoms with Crippen molar-refractivity contribution in [2.45, 2.75) is 6.04 Å². The fourth-order valence-electron chi connectivity index (χ4n) is 3.89. The zero-order valence-corrected chi connectivity index (χ0v) is 18.9. The Morgan fingerprint density at radius 3 is 2.68 bits per heavy atom. The Morgan fingerprint density at radius 2 is 1.91 bits per heavy atom. The van der Waals surface area contributed by atoms with E-state index in [1.54, 1.807) is 11.8 Å². The molecule has 5 rings (SSSR count). The molecule has 4 aromatic rings. The van der Waals surface area contributed by atoms with Crippen LogP contribution in [0.2, 0.25) is 5.02 Å². The van der Waals surface area contributed by atoms with Crippen LogP contribution in [-0.4, -0.2) is 22.8 Å². The number of benzene rings is 3. The van der Waals surface area contributed by atoms with Gasteiger partial charge < -0.3 is 15.4 Å². The molecule has 170 valence electrons. The lowest BCUT2D eigenvalue weighted by Crippen LogP contribution is -2.22. The van der Waals surface area contributed by atoms with Crippen LogP contribution in [0.4, 0.5) is 15.9 Å². The fraction of sp³-hybridized carbons (Fsp3) is 0.0769. The lowest BCUT2D eigenvalue weighted by Gasteiger charge is -2.27. The monoisotopic (exact) mass is 474 g/mol. The highest BCUT2D eigenvalue weighted by molar-refractivity contribution is 6.31. The molecule has 1 aliphatic heterocycles. The molecule has 0 aliphatic carbocycles. The molecule has 1 atom stereocenters. The van der Waals surface area contributed by atoms with Crippen LogP contribution in [0.1, 0.15) is 27.5 Å². The summed E-state index contributed by atoms with van der Waals surface area (Å²) in [6.45, 7) is 0. The van der Waals surface area contributed by atoms with Crippen LogP contribution in [0.15, 0.2) is 85.1 Å². The number of halogens is 2. The van der Waals surface area contributed by atoms with E-state index in [0.29, 0.717) is 27.8 Å². The van der Waals surface area contributed by atoms with Gasteiger partial charge in [-0.25, -0.2) is 9.07 Å². The van der Waals surface area contributed by atoms with Crippen molar-refractivity contribution in [3.63, 3.8) is 0 Å². The summed E-state index contributed by atoms with van der Waals surface area (Å²) in [7, 11) is 1.61. The topological polar surface area (TPSA) is 68.2 Å². The fourth-order valence-corrected chi connectivity index (χ4v) is 4.14. The van der Waals surface area contributed by atoms with Crippen LogP contribution in [0.5, 0.6) is 5.75 Å². The molecule has 1 amide bonds. The van der Waals surface area contributed by atoms with E-state index in [2.05, 4.69) is 15.7 Å². The van der Waals surface area contributed by atoms with Gasteiger partial charge >= 0.3 is 0 Å². The number of aromatic nitrogens is 2. The summed E-state index contributed by atoms with van der Waals surface area (Å²) in [6.07, 6.45) is 3.52. The van der Waals surface area contributed by atoms with E-state index >= 15 is 0 Å². The molecule has 2 N–H and O–H groups in total. The summed E-state index contributed by atoms with van der Waals surface area (Å²) in [5.41, 5.74) is 3.34. The number of carbonyl (C=O) groups is 1. The molecule has 8 heteroatoms. The van der Waals surface area contributed by atoms with E-state index in [0.717, 1.165) is 16.8 Å². The summed E-state index contributed by atoms with van der Waals surface area (Å²) < 4.78 is 20.4. The van der Waals surface area contributed by atoms with Gasteiger partial charge in [0.25, 0.3) is 5.91 Å². The van der Waals surface area contributed by atoms with Gasteiger partial charge in [0, 0.05) is 22.0 Å². The summed E-state index contributed by atoms with van der Waals surface area (Å²) in [6, 6.07) is 20.4. The third-order valence-electron chi connectivity index (χ3n) is 5.59. The maximum absolute atomic E-state index is 13.3. The minimum Gasteiger partial charge on any atom is -0.497 e. The van der Waals surface area contributed by atoms with Crippen LogP contribution < -0.4 is 15.4 Å². The maximum Gasteiger partial charge on any atom is 0.261 e. The SMILES string of the molecule is COc1cccc(C2=C[C@@H](c3ccccc3Cl)n3ncc(C(=O)Nc4ccc(F)cc4)c3N2)c1. The number of rotatable bonds is 5. The number of amides is 1. The smallest absolute Gasteiger partial charge is 0.261 e. The van der Waals surface area contributed by atoms with Gasteiger partial charge in [-0.3, -0.25) is 4.79 Å². The molecule has 3 aromatic carbocycles. The van der Waals surface area contributed by atoms with Crippen molar-refractivity contribution >= 4 is 34.7 Å². The van der Waals surface area contributed by atoms with Crippen molar-refractivity contribution in [2.75, 3.05) is 17.7 Å². The lowest BCUT2D eigenvalue weighted by molar-refractivity contribution is 0.102. The number of fused-ring (bicyclic) bond motifs is 1. The summed E-state index contributed by atoms with van der Waals surface area (Å²) in [5.74, 6) is 0.482. The number of ether oxygens (including phenoxy) is 1. The second kappa shape index (κ2) is 9.03. The maximum atomic E-state index is 13.3. The summed E-state index contributed by atoms with van der Waals surface area (Å²) in [5, 5.41) is 11.2. The average molecular weight is 475 g/mol. The van der Waals surface area contributed by atoms with Gasteiger partial charge in [0.05, 0.1) is 13.3 Å². The van der Waals surface area contributed by atoms with Gasteiger partial charge in [0.15, 0.2) is 0 Å². The summed E-state index contributed by atoms with van der Waals surface area (Å²) in [4.78, 5) is 13.1. The van der Waals surface area contributed by atoms with E-state index in [-0.39, 0.29) is 17.8 Å². The Morgan fingerprint density at radius 1 is 1.12 bits per heavy atom. The number of hydrogen-bond donors (Lipinski definition) is 2. The quantitative estimate of drug-likeness (QED) is 0.372. The molecule has 0 saturated heterocycles. The first kappa shape index (κ1) is 21.7. The highest BCUT2D eigenvalue weighted by atomic mass is 35.5. The molecule has 0 bridgehead atoms. The van der Waals surface area contributed by atoms with Gasteiger partial charge in [0.2, 0.25) is 0 Å². The molecule has 34 heavy (non-hydrogen) atoms. The van der Waals surface area contributed by atoms with Crippen molar-refractivity contribution < 1.29 is 13.9 Å². The van der Waals surface area contributed by atoms with Crippen LogP contribution in [0.25, 0.3) is 5.70 Å². The van der Waals surface area contributed by atoms with E-state index < -0.39 is 0 Å². The minimum atomic E-state index is -0.377. The van der Waals surface area contributed by atoms with E-state index in [1.165, 1.54) is 30.5 Å². The molecule has 1 aliphatic rings. The molecular weight excluding hydrogens is 455 g/mol. The molecule has 6 nitrogen and oxygen atoms in total. The standard InChI is InChI=1S/C26H20ClFN4O2/c1-34-19-6-4-5-16(13-19)23-14-24(20-7-2-3-8-22(20)27)32-25(31-23)21(15-29-32)26(33)30-18-11-9-17(28)10-12-18/h2-15,24,31H,1H3,(H,30,33)/t24-/m0/s1. The number of nitrogens with one attached hydrogen (secondary N) is 2. The molecular formula is C26H20ClFN4O2. The zero-order chi connectivity index (χ0) is 23.7. The predicted octanol–water partition coefficient (Wildman–Crippen LogP) is 5.99. The highest BCUT2D eigenvalue weighted by Crippen LogP contribution is 2.38. The normalized spacial score (nSPS) is 14.6. The number of nitrogens with zero attached hydrogens (tertiary/aromatic N) is 2. The van der Waals surface area contributed by atoms with Gasteiger partial charge in [-0.15, -0.1) is 0 Å². The zero-order valence-electron chi connectivity index (χ0n) is 18.1. The first-order valence-corrected chi connectivity index (χ1v) is 10.9. The Bertz CT molecular complexity index is 1400. The molecule has 0 radical (unpaired) electrons. The van der Waals surface area contributed by atoms with Gasteiger partial charge in [-0.2, -0.15) is 5.10 Å². The largest absolute Gasteiger partial charge is 0.497 e. The minimum absolute atomic E-state index is 0.342. The van der Waals surface area contributed by atoms with Crippen molar-refractivity contribution in [2.24, 2.45) is 0 Å². The van der Waals surface area contributed by atoms with Gasteiger partial charge in [-0.05, 0) is 54.1 Å². The van der Waals surface area contributed by atoms with Crippen LogP contribution >= 0.6 is 11.6 Å². The second-order valence-corrected chi connectivity index (χ2v) is 8.12. The van der Waals surface area contributed by atoms with Crippen LogP contribution in [-0.2, 0) is 0 Å². The van der Waals surface area contributed by atoms with Crippen molar-refractivity contribution in [1.29, 1.82) is 0 Å². The number of carbonyl (C=O) groups excluding carboxylic acids is 1. The highest BCUT2D eigenvalue weighted by Gasteiger charge is 2.29. The van der Waals surface area contributed by atoms with Crippen LogP contribution in [0.3, 0.4) is 0 Å². The first-order valence-electron chi connectivity index (χ1n) is 10.6. The second-order valence-electron chi connectivity index (χ2n) is 7.72. The van der Waals surface area contributed by atoms with E-state index in [1.807, 2.05) is 54.6 Å². The Balaban J connectivity index is 1.57. The lowest BCUT2D eigenvalue weighted by atomic mass is 10.0. The number of anilines is 2. The molecule has 0 spiro atoms. The predicted molar refractivity (Wildman–Crippen MR) is 131 cm³/mol. The number of methoxy groups -OCH3 is 1. The Kier molecular flexibility index (Phi) is 5.77. The molecule has 0 unspecified atom stereocenters. The number of hydrogen-bond acceptors (Lipinski definition) is 4. The molecule has 0 saturated carbocycles. The van der Waals surface area contributed by atoms with Gasteiger partial charge in [-0.1, -0.05) is 41.9 Å². The van der Waals surface area contributed by atoms with Crippen LogP contribution in [0, 0.1) is 5.82 Å². The number of allylic oxidation sites excluding steroid dienone is 1. The first-order chi connectivity index (χ1) is 16.5. The molecule has 2 heterocycles. The third kappa shape index (κ3) is 4.13. The average Bonchev–Trinajstić information content (AvgIpc) is 3.29. The Hall–Kier alpha value is -4.10.